The Kier molecular flexibility index (Phi) is 3.46. The van der Waals surface area contributed by atoms with E-state index in [0.717, 1.165) is 11.3 Å². The summed E-state index contributed by atoms with van der Waals surface area (Å²) in [5.41, 5.74) is 5.63. The molecule has 1 heterocycles. The smallest absolute Gasteiger partial charge is 0.105 e. The van der Waals surface area contributed by atoms with Crippen molar-refractivity contribution in [1.82, 2.24) is 5.01 Å². The average Bonchev–Trinajstić information content (AvgIpc) is 2.66. The van der Waals surface area contributed by atoms with Gasteiger partial charge in [0.05, 0.1) is 5.71 Å². The molecule has 3 aromatic carbocycles. The highest BCUT2D eigenvalue weighted by molar-refractivity contribution is 6.14. The molecule has 0 bridgehead atoms. The second-order valence-electron chi connectivity index (χ2n) is 6.32. The highest BCUT2D eigenvalue weighted by atomic mass is 15.5. The first-order chi connectivity index (χ1) is 11.7. The summed E-state index contributed by atoms with van der Waals surface area (Å²) in [7, 11) is 2.06. The molecule has 0 amide bonds. The molecule has 2 nitrogen and oxygen atoms in total. The zero-order valence-electron chi connectivity index (χ0n) is 14.0. The first kappa shape index (κ1) is 14.7. The van der Waals surface area contributed by atoms with Gasteiger partial charge in [-0.15, -0.1) is 0 Å². The molecule has 2 heteroatoms. The lowest BCUT2D eigenvalue weighted by molar-refractivity contribution is 0.181. The fraction of sp³-hybridized carbons (Fsp3) is 0.136. The van der Waals surface area contributed by atoms with E-state index in [1.54, 1.807) is 0 Å². The van der Waals surface area contributed by atoms with Crippen molar-refractivity contribution in [3.8, 4) is 0 Å². The highest BCUT2D eigenvalue weighted by Gasteiger charge is 2.39. The SMILES string of the molecule is CN1N=C(c2ccccc2)c2ccccc2C1(C)c1ccccc1. The van der Waals surface area contributed by atoms with Gasteiger partial charge in [0.2, 0.25) is 0 Å². The van der Waals surface area contributed by atoms with Gasteiger partial charge in [-0.2, -0.15) is 5.10 Å². The summed E-state index contributed by atoms with van der Waals surface area (Å²) < 4.78 is 0. The lowest BCUT2D eigenvalue weighted by Crippen LogP contribution is -2.44. The van der Waals surface area contributed by atoms with E-state index in [4.69, 9.17) is 5.10 Å². The Bertz CT molecular complexity index is 884. The third kappa shape index (κ3) is 2.15. The minimum atomic E-state index is -0.282. The van der Waals surface area contributed by atoms with Crippen LogP contribution in [0.2, 0.25) is 0 Å². The van der Waals surface area contributed by atoms with Gasteiger partial charge in [0, 0.05) is 18.2 Å². The number of hydrazone groups is 1. The summed E-state index contributed by atoms with van der Waals surface area (Å²) in [6.45, 7) is 2.24. The van der Waals surface area contributed by atoms with Gasteiger partial charge in [-0.3, -0.25) is 5.01 Å². The Morgan fingerprint density at radius 2 is 1.33 bits per heavy atom. The summed E-state index contributed by atoms with van der Waals surface area (Å²) in [5, 5.41) is 7.06. The van der Waals surface area contributed by atoms with Crippen LogP contribution in [0.15, 0.2) is 90.0 Å². The van der Waals surface area contributed by atoms with Gasteiger partial charge in [-0.05, 0) is 18.1 Å². The van der Waals surface area contributed by atoms with Crippen molar-refractivity contribution < 1.29 is 0 Å². The van der Waals surface area contributed by atoms with Crippen molar-refractivity contribution in [2.45, 2.75) is 12.5 Å². The van der Waals surface area contributed by atoms with E-state index in [0.29, 0.717) is 0 Å². The average molecular weight is 312 g/mol. The summed E-state index contributed by atoms with van der Waals surface area (Å²) >= 11 is 0. The summed E-state index contributed by atoms with van der Waals surface area (Å²) in [6.07, 6.45) is 0. The molecule has 0 radical (unpaired) electrons. The molecule has 0 fully saturated rings. The third-order valence-corrected chi connectivity index (χ3v) is 4.99. The maximum absolute atomic E-state index is 4.97. The Balaban J connectivity index is 1.95. The van der Waals surface area contributed by atoms with Crippen LogP contribution in [0.1, 0.15) is 29.2 Å². The van der Waals surface area contributed by atoms with Gasteiger partial charge in [0.25, 0.3) is 0 Å². The summed E-state index contributed by atoms with van der Waals surface area (Å²) in [5.74, 6) is 0. The lowest BCUT2D eigenvalue weighted by atomic mass is 9.78. The van der Waals surface area contributed by atoms with E-state index in [1.165, 1.54) is 16.7 Å². The molecule has 1 atom stereocenters. The van der Waals surface area contributed by atoms with Crippen LogP contribution in [-0.4, -0.2) is 17.8 Å². The van der Waals surface area contributed by atoms with E-state index in [1.807, 2.05) is 6.07 Å². The van der Waals surface area contributed by atoms with Gasteiger partial charge in [0.15, 0.2) is 0 Å². The zero-order valence-corrected chi connectivity index (χ0v) is 14.0. The van der Waals surface area contributed by atoms with Crippen molar-refractivity contribution in [1.29, 1.82) is 0 Å². The summed E-state index contributed by atoms with van der Waals surface area (Å²) in [6, 6.07) is 29.6. The standard InChI is InChI=1S/C22H20N2/c1-22(18-13-7-4-8-14-18)20-16-10-9-15-19(20)21(23-24(22)2)17-11-5-3-6-12-17/h3-16H,1-2H3. The van der Waals surface area contributed by atoms with Gasteiger partial charge >= 0.3 is 0 Å². The Labute approximate surface area is 143 Å². The van der Waals surface area contributed by atoms with Crippen LogP contribution in [0.5, 0.6) is 0 Å². The minimum absolute atomic E-state index is 0.282. The predicted molar refractivity (Wildman–Crippen MR) is 99.2 cm³/mol. The van der Waals surface area contributed by atoms with Crippen molar-refractivity contribution in [3.63, 3.8) is 0 Å². The molecule has 24 heavy (non-hydrogen) atoms. The van der Waals surface area contributed by atoms with Gasteiger partial charge in [-0.25, -0.2) is 0 Å². The van der Waals surface area contributed by atoms with Crippen LogP contribution in [0.25, 0.3) is 0 Å². The van der Waals surface area contributed by atoms with Crippen LogP contribution in [-0.2, 0) is 5.54 Å². The molecule has 3 aromatic rings. The number of benzene rings is 3. The van der Waals surface area contributed by atoms with Crippen molar-refractivity contribution in [3.05, 3.63) is 107 Å². The predicted octanol–water partition coefficient (Wildman–Crippen LogP) is 4.65. The maximum Gasteiger partial charge on any atom is 0.105 e. The van der Waals surface area contributed by atoms with Gasteiger partial charge < -0.3 is 0 Å². The molecule has 0 aromatic heterocycles. The normalized spacial score (nSPS) is 19.6. The van der Waals surface area contributed by atoms with E-state index >= 15 is 0 Å². The molecule has 0 spiro atoms. The Morgan fingerprint density at radius 1 is 0.750 bits per heavy atom. The lowest BCUT2D eigenvalue weighted by Gasteiger charge is -2.43. The van der Waals surface area contributed by atoms with E-state index in [2.05, 4.69) is 97.8 Å². The fourth-order valence-electron chi connectivity index (χ4n) is 3.51. The number of rotatable bonds is 2. The van der Waals surface area contributed by atoms with Crippen LogP contribution in [0.4, 0.5) is 0 Å². The monoisotopic (exact) mass is 312 g/mol. The minimum Gasteiger partial charge on any atom is -0.285 e. The molecule has 0 N–H and O–H groups in total. The van der Waals surface area contributed by atoms with E-state index in [-0.39, 0.29) is 5.54 Å². The van der Waals surface area contributed by atoms with E-state index in [9.17, 15) is 0 Å². The highest BCUT2D eigenvalue weighted by Crippen LogP contribution is 2.40. The molecular weight excluding hydrogens is 292 g/mol. The Hall–Kier alpha value is -2.87. The van der Waals surface area contributed by atoms with E-state index < -0.39 is 0 Å². The maximum atomic E-state index is 4.97. The summed E-state index contributed by atoms with van der Waals surface area (Å²) in [4.78, 5) is 0. The molecule has 118 valence electrons. The number of fused-ring (bicyclic) bond motifs is 1. The third-order valence-electron chi connectivity index (χ3n) is 4.99. The quantitative estimate of drug-likeness (QED) is 0.672. The zero-order chi connectivity index (χ0) is 16.6. The second kappa shape index (κ2) is 5.64. The fourth-order valence-corrected chi connectivity index (χ4v) is 3.51. The number of hydrogen-bond acceptors (Lipinski definition) is 2. The number of nitrogens with zero attached hydrogens (tertiary/aromatic N) is 2. The van der Waals surface area contributed by atoms with Crippen molar-refractivity contribution in [2.75, 3.05) is 7.05 Å². The molecule has 4 rings (SSSR count). The molecule has 1 aliphatic heterocycles. The number of hydrogen-bond donors (Lipinski definition) is 0. The van der Waals surface area contributed by atoms with Crippen LogP contribution >= 0.6 is 0 Å². The first-order valence-corrected chi connectivity index (χ1v) is 8.24. The van der Waals surface area contributed by atoms with Crippen molar-refractivity contribution in [2.24, 2.45) is 5.10 Å². The van der Waals surface area contributed by atoms with Crippen LogP contribution < -0.4 is 0 Å². The molecule has 1 aliphatic rings. The van der Waals surface area contributed by atoms with Crippen LogP contribution in [0, 0.1) is 0 Å². The molecule has 0 aliphatic carbocycles. The second-order valence-corrected chi connectivity index (χ2v) is 6.32. The molecular formula is C22H20N2. The largest absolute Gasteiger partial charge is 0.285 e. The van der Waals surface area contributed by atoms with Crippen LogP contribution in [0.3, 0.4) is 0 Å². The molecule has 0 saturated carbocycles. The van der Waals surface area contributed by atoms with Gasteiger partial charge in [0.1, 0.15) is 5.54 Å². The first-order valence-electron chi connectivity index (χ1n) is 8.24. The molecule has 1 unspecified atom stereocenters. The Morgan fingerprint density at radius 3 is 2.04 bits per heavy atom. The van der Waals surface area contributed by atoms with Crippen molar-refractivity contribution >= 4 is 5.71 Å². The van der Waals surface area contributed by atoms with Gasteiger partial charge in [-0.1, -0.05) is 84.9 Å². The topological polar surface area (TPSA) is 15.6 Å². The molecule has 0 saturated heterocycles.